The Balaban J connectivity index is 1.67. The van der Waals surface area contributed by atoms with Crippen molar-refractivity contribution >= 4 is 11.9 Å². The van der Waals surface area contributed by atoms with Gasteiger partial charge < -0.3 is 15.4 Å². The Morgan fingerprint density at radius 1 is 0.963 bits per heavy atom. The van der Waals surface area contributed by atoms with Crippen LogP contribution in [0, 0.1) is 17.7 Å². The van der Waals surface area contributed by atoms with Crippen LogP contribution in [0.2, 0.25) is 0 Å². The number of hydrogen-bond acceptors (Lipinski definition) is 6. The molecule has 4 rings (SSSR count). The minimum Gasteiger partial charge on any atom is -0.497 e. The molecule has 2 N–H and O–H groups in total. The van der Waals surface area contributed by atoms with Gasteiger partial charge in [-0.05, 0) is 69.6 Å². The lowest BCUT2D eigenvalue weighted by Crippen LogP contribution is -2.23. The molecule has 2 aromatic rings. The van der Waals surface area contributed by atoms with Gasteiger partial charge in [0.15, 0.2) is 5.82 Å². The van der Waals surface area contributed by atoms with Crippen molar-refractivity contribution in [2.75, 3.05) is 17.7 Å². The van der Waals surface area contributed by atoms with Gasteiger partial charge in [-0.2, -0.15) is 15.0 Å². The zero-order valence-corrected chi connectivity index (χ0v) is 16.0. The second kappa shape index (κ2) is 7.29. The lowest BCUT2D eigenvalue weighted by atomic mass is 10.2. The summed E-state index contributed by atoms with van der Waals surface area (Å²) in [7, 11) is 1.55. The normalized spacial score (nSPS) is 18.7. The molecule has 1 heterocycles. The molecule has 0 amide bonds. The number of aromatic nitrogens is 3. The molecule has 7 heteroatoms. The molecule has 1 aromatic carbocycles. The molecule has 6 nitrogen and oxygen atoms in total. The molecule has 1 aromatic heterocycles. The SMILES string of the molecule is COc1ccc(F)c(-c2nc(N[C@H](C)C3CC3)nc(N[C@H](C)C3CC3)n2)c1. The third-order valence-corrected chi connectivity index (χ3v) is 5.42. The highest BCUT2D eigenvalue weighted by Gasteiger charge is 2.30. The Bertz CT molecular complexity index is 784. The molecule has 0 bridgehead atoms. The summed E-state index contributed by atoms with van der Waals surface area (Å²) in [5.41, 5.74) is 0.306. The molecule has 2 atom stereocenters. The number of nitrogens with zero attached hydrogens (tertiary/aromatic N) is 3. The van der Waals surface area contributed by atoms with Crippen molar-refractivity contribution in [3.8, 4) is 17.1 Å². The topological polar surface area (TPSA) is 72.0 Å². The summed E-state index contributed by atoms with van der Waals surface area (Å²) in [4.78, 5) is 13.5. The van der Waals surface area contributed by atoms with Crippen molar-refractivity contribution in [2.45, 2.75) is 51.6 Å². The van der Waals surface area contributed by atoms with E-state index in [2.05, 4.69) is 39.4 Å². The van der Waals surface area contributed by atoms with Crippen LogP contribution < -0.4 is 15.4 Å². The molecule has 0 radical (unpaired) electrons. The summed E-state index contributed by atoms with van der Waals surface area (Å²) < 4.78 is 19.7. The largest absolute Gasteiger partial charge is 0.497 e. The van der Waals surface area contributed by atoms with Gasteiger partial charge in [-0.1, -0.05) is 0 Å². The molecule has 0 aliphatic heterocycles. The van der Waals surface area contributed by atoms with Gasteiger partial charge in [0.2, 0.25) is 11.9 Å². The Hall–Kier alpha value is -2.44. The maximum Gasteiger partial charge on any atom is 0.228 e. The van der Waals surface area contributed by atoms with Crippen LogP contribution in [0.5, 0.6) is 5.75 Å². The molecule has 2 saturated carbocycles. The highest BCUT2D eigenvalue weighted by Crippen LogP contribution is 2.35. The van der Waals surface area contributed by atoms with Gasteiger partial charge in [0.05, 0.1) is 12.7 Å². The van der Waals surface area contributed by atoms with Crippen LogP contribution in [0.15, 0.2) is 18.2 Å². The van der Waals surface area contributed by atoms with Crippen molar-refractivity contribution in [3.05, 3.63) is 24.0 Å². The first-order valence-electron chi connectivity index (χ1n) is 9.66. The van der Waals surface area contributed by atoms with Crippen LogP contribution in [0.1, 0.15) is 39.5 Å². The van der Waals surface area contributed by atoms with Crippen LogP contribution in [0.25, 0.3) is 11.4 Å². The van der Waals surface area contributed by atoms with Gasteiger partial charge in [0.1, 0.15) is 11.6 Å². The highest BCUT2D eigenvalue weighted by molar-refractivity contribution is 5.61. The van der Waals surface area contributed by atoms with Crippen molar-refractivity contribution in [2.24, 2.45) is 11.8 Å². The lowest BCUT2D eigenvalue weighted by Gasteiger charge is -2.17. The van der Waals surface area contributed by atoms with E-state index in [0.717, 1.165) is 0 Å². The number of halogens is 1. The minimum absolute atomic E-state index is 0.282. The Labute approximate surface area is 159 Å². The first-order chi connectivity index (χ1) is 13.0. The summed E-state index contributed by atoms with van der Waals surface area (Å²) in [5, 5.41) is 6.73. The average Bonchev–Trinajstić information content (AvgIpc) is 3.54. The van der Waals surface area contributed by atoms with Gasteiger partial charge in [-0.25, -0.2) is 4.39 Å². The van der Waals surface area contributed by atoms with Gasteiger partial charge in [-0.15, -0.1) is 0 Å². The van der Waals surface area contributed by atoms with Crippen LogP contribution >= 0.6 is 0 Å². The van der Waals surface area contributed by atoms with Crippen LogP contribution in [0.3, 0.4) is 0 Å². The molecular formula is C20H26FN5O. The number of benzene rings is 1. The van der Waals surface area contributed by atoms with Crippen LogP contribution in [-0.4, -0.2) is 34.1 Å². The molecule has 0 spiro atoms. The van der Waals surface area contributed by atoms with E-state index < -0.39 is 0 Å². The molecule has 2 fully saturated rings. The van der Waals surface area contributed by atoms with E-state index in [-0.39, 0.29) is 17.9 Å². The predicted molar refractivity (Wildman–Crippen MR) is 103 cm³/mol. The van der Waals surface area contributed by atoms with E-state index in [9.17, 15) is 4.39 Å². The maximum absolute atomic E-state index is 14.5. The fourth-order valence-corrected chi connectivity index (χ4v) is 3.26. The Kier molecular flexibility index (Phi) is 4.85. The monoisotopic (exact) mass is 371 g/mol. The summed E-state index contributed by atoms with van der Waals surface area (Å²) in [6, 6.07) is 5.14. The molecule has 2 aliphatic carbocycles. The van der Waals surface area contributed by atoms with E-state index in [1.165, 1.54) is 31.7 Å². The summed E-state index contributed by atoms with van der Waals surface area (Å²) >= 11 is 0. The number of anilines is 2. The second-order valence-corrected chi connectivity index (χ2v) is 7.69. The first-order valence-corrected chi connectivity index (χ1v) is 9.66. The third kappa shape index (κ3) is 4.28. The maximum atomic E-state index is 14.5. The fourth-order valence-electron chi connectivity index (χ4n) is 3.26. The first kappa shape index (κ1) is 17.9. The number of rotatable bonds is 8. The van der Waals surface area contributed by atoms with E-state index in [4.69, 9.17) is 4.74 Å². The number of hydrogen-bond donors (Lipinski definition) is 2. The molecule has 0 unspecified atom stereocenters. The molecule has 27 heavy (non-hydrogen) atoms. The molecule has 144 valence electrons. The highest BCUT2D eigenvalue weighted by atomic mass is 19.1. The van der Waals surface area contributed by atoms with Gasteiger partial charge in [-0.3, -0.25) is 0 Å². The quantitative estimate of drug-likeness (QED) is 0.728. The van der Waals surface area contributed by atoms with Gasteiger partial charge in [0.25, 0.3) is 0 Å². The van der Waals surface area contributed by atoms with E-state index in [1.807, 2.05) is 0 Å². The molecule has 2 aliphatic rings. The summed E-state index contributed by atoms with van der Waals surface area (Å²) in [6.07, 6.45) is 4.89. The minimum atomic E-state index is -0.385. The predicted octanol–water partition coefficient (Wildman–Crippen LogP) is 4.11. The van der Waals surface area contributed by atoms with E-state index in [0.29, 0.717) is 40.9 Å². The van der Waals surface area contributed by atoms with Gasteiger partial charge >= 0.3 is 0 Å². The van der Waals surface area contributed by atoms with Crippen molar-refractivity contribution in [1.29, 1.82) is 0 Å². The van der Waals surface area contributed by atoms with E-state index >= 15 is 0 Å². The van der Waals surface area contributed by atoms with E-state index in [1.54, 1.807) is 19.2 Å². The number of nitrogens with one attached hydrogen (secondary N) is 2. The Morgan fingerprint density at radius 2 is 1.52 bits per heavy atom. The lowest BCUT2D eigenvalue weighted by molar-refractivity contribution is 0.414. The smallest absolute Gasteiger partial charge is 0.228 e. The zero-order chi connectivity index (χ0) is 19.0. The Morgan fingerprint density at radius 3 is 2.00 bits per heavy atom. The van der Waals surface area contributed by atoms with Gasteiger partial charge in [0, 0.05) is 12.1 Å². The van der Waals surface area contributed by atoms with Crippen LogP contribution in [-0.2, 0) is 0 Å². The fraction of sp³-hybridized carbons (Fsp3) is 0.550. The number of methoxy groups -OCH3 is 1. The van der Waals surface area contributed by atoms with Crippen molar-refractivity contribution in [3.63, 3.8) is 0 Å². The average molecular weight is 371 g/mol. The summed E-state index contributed by atoms with van der Waals surface area (Å²) in [5.74, 6) is 2.75. The molecule has 0 saturated heterocycles. The zero-order valence-electron chi connectivity index (χ0n) is 16.0. The standard InChI is InChI=1S/C20H26FN5O/c1-11(13-4-5-13)22-19-24-18(16-10-15(27-3)8-9-17(16)21)25-20(26-19)23-12(2)14-6-7-14/h8-14H,4-7H2,1-3H3,(H2,22,23,24,25,26)/t11-,12-/m1/s1. The number of ether oxygens (including phenoxy) is 1. The third-order valence-electron chi connectivity index (χ3n) is 5.42. The second-order valence-electron chi connectivity index (χ2n) is 7.69. The van der Waals surface area contributed by atoms with Crippen molar-refractivity contribution < 1.29 is 9.13 Å². The van der Waals surface area contributed by atoms with Crippen molar-refractivity contribution in [1.82, 2.24) is 15.0 Å². The summed E-state index contributed by atoms with van der Waals surface area (Å²) in [6.45, 7) is 4.26. The van der Waals surface area contributed by atoms with Crippen LogP contribution in [0.4, 0.5) is 16.3 Å². The molecular weight excluding hydrogens is 345 g/mol.